The van der Waals surface area contributed by atoms with Crippen LogP contribution in [0.4, 0.5) is 5.69 Å². The van der Waals surface area contributed by atoms with Crippen molar-refractivity contribution in [3.8, 4) is 17.6 Å². The number of nitrogens with zero attached hydrogens (tertiary/aromatic N) is 1. The first-order chi connectivity index (χ1) is 10.6. The van der Waals surface area contributed by atoms with Crippen molar-refractivity contribution in [3.63, 3.8) is 0 Å². The number of ether oxygens (including phenoxy) is 2. The van der Waals surface area contributed by atoms with Gasteiger partial charge in [0.25, 0.3) is 5.91 Å². The number of rotatable bonds is 5. The largest absolute Gasteiger partial charge is 0.497 e. The van der Waals surface area contributed by atoms with Gasteiger partial charge in [0.15, 0.2) is 6.10 Å². The molecule has 0 fully saturated rings. The monoisotopic (exact) mass is 296 g/mol. The van der Waals surface area contributed by atoms with Crippen LogP contribution in [0.3, 0.4) is 0 Å². The minimum absolute atomic E-state index is 0.328. The number of benzene rings is 2. The molecule has 22 heavy (non-hydrogen) atoms. The summed E-state index contributed by atoms with van der Waals surface area (Å²) in [6.45, 7) is 1.64. The summed E-state index contributed by atoms with van der Waals surface area (Å²) in [4.78, 5) is 12.2. The second kappa shape index (κ2) is 7.14. The van der Waals surface area contributed by atoms with Gasteiger partial charge in [0.1, 0.15) is 17.6 Å². The van der Waals surface area contributed by atoms with E-state index in [1.807, 2.05) is 6.07 Å². The molecule has 2 rings (SSSR count). The molecule has 1 N–H and O–H groups in total. The Morgan fingerprint density at radius 3 is 2.64 bits per heavy atom. The van der Waals surface area contributed by atoms with E-state index in [1.165, 1.54) is 0 Å². The van der Waals surface area contributed by atoms with Gasteiger partial charge in [-0.05, 0) is 31.2 Å². The molecule has 0 aliphatic carbocycles. The molecule has 2 aromatic rings. The molecule has 5 heteroatoms. The van der Waals surface area contributed by atoms with Crippen LogP contribution >= 0.6 is 0 Å². The van der Waals surface area contributed by atoms with Crippen molar-refractivity contribution in [2.45, 2.75) is 13.0 Å². The molecule has 1 unspecified atom stereocenters. The molecule has 0 spiro atoms. The smallest absolute Gasteiger partial charge is 0.265 e. The number of amides is 1. The highest BCUT2D eigenvalue weighted by molar-refractivity contribution is 5.95. The van der Waals surface area contributed by atoms with Crippen molar-refractivity contribution in [2.24, 2.45) is 0 Å². The van der Waals surface area contributed by atoms with Crippen LogP contribution < -0.4 is 14.8 Å². The zero-order chi connectivity index (χ0) is 15.9. The molecule has 1 atom stereocenters. The topological polar surface area (TPSA) is 71.3 Å². The van der Waals surface area contributed by atoms with Crippen molar-refractivity contribution in [1.82, 2.24) is 0 Å². The molecule has 0 saturated carbocycles. The molecule has 0 bridgehead atoms. The first-order valence-electron chi connectivity index (χ1n) is 6.74. The average Bonchev–Trinajstić information content (AvgIpc) is 2.55. The minimum Gasteiger partial charge on any atom is -0.497 e. The fraction of sp³-hybridized carbons (Fsp3) is 0.176. The predicted molar refractivity (Wildman–Crippen MR) is 82.9 cm³/mol. The number of nitriles is 1. The van der Waals surface area contributed by atoms with E-state index in [0.29, 0.717) is 22.7 Å². The summed E-state index contributed by atoms with van der Waals surface area (Å²) in [7, 11) is 1.56. The van der Waals surface area contributed by atoms with E-state index in [4.69, 9.17) is 14.7 Å². The first kappa shape index (κ1) is 15.4. The molecule has 0 aliphatic heterocycles. The van der Waals surface area contributed by atoms with Crippen LogP contribution in [0.1, 0.15) is 12.5 Å². The number of hydrogen-bond donors (Lipinski definition) is 1. The van der Waals surface area contributed by atoms with Gasteiger partial charge in [0.05, 0.1) is 18.4 Å². The maximum atomic E-state index is 12.2. The molecule has 112 valence electrons. The third-order valence-electron chi connectivity index (χ3n) is 3.03. The van der Waals surface area contributed by atoms with E-state index in [1.54, 1.807) is 62.6 Å². The summed E-state index contributed by atoms with van der Waals surface area (Å²) in [5, 5.41) is 11.7. The Labute approximate surface area is 129 Å². The van der Waals surface area contributed by atoms with Crippen LogP contribution in [-0.4, -0.2) is 19.1 Å². The van der Waals surface area contributed by atoms with Gasteiger partial charge in [-0.2, -0.15) is 5.26 Å². The zero-order valence-electron chi connectivity index (χ0n) is 12.4. The highest BCUT2D eigenvalue weighted by atomic mass is 16.5. The summed E-state index contributed by atoms with van der Waals surface area (Å²) < 4.78 is 10.7. The minimum atomic E-state index is -0.709. The Morgan fingerprint density at radius 1 is 1.18 bits per heavy atom. The van der Waals surface area contributed by atoms with Crippen molar-refractivity contribution < 1.29 is 14.3 Å². The fourth-order valence-electron chi connectivity index (χ4n) is 1.86. The van der Waals surface area contributed by atoms with Crippen LogP contribution in [-0.2, 0) is 4.79 Å². The van der Waals surface area contributed by atoms with Gasteiger partial charge in [0, 0.05) is 6.07 Å². The molecule has 0 aliphatic rings. The van der Waals surface area contributed by atoms with Gasteiger partial charge in [-0.3, -0.25) is 4.79 Å². The van der Waals surface area contributed by atoms with Gasteiger partial charge >= 0.3 is 0 Å². The lowest BCUT2D eigenvalue weighted by Gasteiger charge is -2.15. The summed E-state index contributed by atoms with van der Waals surface area (Å²) in [5.41, 5.74) is 0.875. The second-order valence-corrected chi connectivity index (χ2v) is 4.59. The van der Waals surface area contributed by atoms with Crippen LogP contribution in [0.25, 0.3) is 0 Å². The Balaban J connectivity index is 2.04. The third-order valence-corrected chi connectivity index (χ3v) is 3.03. The highest BCUT2D eigenvalue weighted by Crippen LogP contribution is 2.20. The summed E-state index contributed by atoms with van der Waals surface area (Å²) in [6.07, 6.45) is -0.709. The fourth-order valence-corrected chi connectivity index (χ4v) is 1.86. The standard InChI is InChI=1S/C17H16N2O3/c1-12(22-15-8-5-7-14(10-15)21-2)17(20)19-16-9-4-3-6-13(16)11-18/h3-10,12H,1-2H3,(H,19,20). The van der Waals surface area contributed by atoms with Crippen molar-refractivity contribution in [2.75, 3.05) is 12.4 Å². The Bertz CT molecular complexity index is 707. The molecular formula is C17H16N2O3. The number of methoxy groups -OCH3 is 1. The van der Waals surface area contributed by atoms with Gasteiger partial charge in [-0.15, -0.1) is 0 Å². The maximum Gasteiger partial charge on any atom is 0.265 e. The molecule has 2 aromatic carbocycles. The Hall–Kier alpha value is -3.00. The molecule has 0 saturated heterocycles. The highest BCUT2D eigenvalue weighted by Gasteiger charge is 2.16. The summed E-state index contributed by atoms with van der Waals surface area (Å²) in [6, 6.07) is 15.9. The lowest BCUT2D eigenvalue weighted by atomic mass is 10.2. The van der Waals surface area contributed by atoms with E-state index in [2.05, 4.69) is 5.32 Å². The van der Waals surface area contributed by atoms with Crippen molar-refractivity contribution >= 4 is 11.6 Å². The molecule has 0 aromatic heterocycles. The molecular weight excluding hydrogens is 280 g/mol. The molecule has 0 heterocycles. The number of carbonyl (C=O) groups excluding carboxylic acids is 1. The zero-order valence-corrected chi connectivity index (χ0v) is 12.4. The van der Waals surface area contributed by atoms with Crippen molar-refractivity contribution in [3.05, 3.63) is 54.1 Å². The van der Waals surface area contributed by atoms with Crippen LogP contribution in [0.5, 0.6) is 11.5 Å². The molecule has 0 radical (unpaired) electrons. The maximum absolute atomic E-state index is 12.2. The average molecular weight is 296 g/mol. The van der Waals surface area contributed by atoms with Crippen molar-refractivity contribution in [1.29, 1.82) is 5.26 Å². The van der Waals surface area contributed by atoms with Crippen LogP contribution in [0, 0.1) is 11.3 Å². The van der Waals surface area contributed by atoms with E-state index in [9.17, 15) is 4.79 Å². The van der Waals surface area contributed by atoms with Gasteiger partial charge < -0.3 is 14.8 Å². The summed E-state index contributed by atoms with van der Waals surface area (Å²) in [5.74, 6) is 0.862. The van der Waals surface area contributed by atoms with E-state index in [-0.39, 0.29) is 5.91 Å². The molecule has 1 amide bonds. The number of carbonyl (C=O) groups is 1. The number of anilines is 1. The Morgan fingerprint density at radius 2 is 1.91 bits per heavy atom. The van der Waals surface area contributed by atoms with E-state index >= 15 is 0 Å². The Kier molecular flexibility index (Phi) is 4.99. The number of hydrogen-bond acceptors (Lipinski definition) is 4. The van der Waals surface area contributed by atoms with Crippen LogP contribution in [0.2, 0.25) is 0 Å². The van der Waals surface area contributed by atoms with E-state index < -0.39 is 6.10 Å². The predicted octanol–water partition coefficient (Wildman–Crippen LogP) is 2.97. The quantitative estimate of drug-likeness (QED) is 0.920. The second-order valence-electron chi connectivity index (χ2n) is 4.59. The summed E-state index contributed by atoms with van der Waals surface area (Å²) >= 11 is 0. The van der Waals surface area contributed by atoms with Gasteiger partial charge in [0.2, 0.25) is 0 Å². The number of para-hydroxylation sites is 1. The SMILES string of the molecule is COc1cccc(OC(C)C(=O)Nc2ccccc2C#N)c1. The lowest BCUT2D eigenvalue weighted by Crippen LogP contribution is -2.30. The van der Waals surface area contributed by atoms with Gasteiger partial charge in [-0.1, -0.05) is 18.2 Å². The third kappa shape index (κ3) is 3.76. The lowest BCUT2D eigenvalue weighted by molar-refractivity contribution is -0.122. The first-order valence-corrected chi connectivity index (χ1v) is 6.74. The normalized spacial score (nSPS) is 11.1. The van der Waals surface area contributed by atoms with Gasteiger partial charge in [-0.25, -0.2) is 0 Å². The van der Waals surface area contributed by atoms with E-state index in [0.717, 1.165) is 0 Å². The number of nitrogens with one attached hydrogen (secondary N) is 1. The van der Waals surface area contributed by atoms with Crippen LogP contribution in [0.15, 0.2) is 48.5 Å². The molecule has 5 nitrogen and oxygen atoms in total.